The second kappa shape index (κ2) is 7.34. The van der Waals surface area contributed by atoms with Crippen molar-refractivity contribution in [1.82, 2.24) is 5.32 Å². The van der Waals surface area contributed by atoms with Crippen molar-refractivity contribution < 1.29 is 9.53 Å². The van der Waals surface area contributed by atoms with E-state index >= 15 is 0 Å². The van der Waals surface area contributed by atoms with E-state index in [0.29, 0.717) is 28.8 Å². The van der Waals surface area contributed by atoms with E-state index < -0.39 is 0 Å². The fraction of sp³-hybridized carbons (Fsp3) is 0.188. The molecule has 0 saturated carbocycles. The van der Waals surface area contributed by atoms with Crippen LogP contribution in [0.1, 0.15) is 22.8 Å². The minimum atomic E-state index is -0.247. The highest BCUT2D eigenvalue weighted by Gasteiger charge is 2.11. The smallest absolute Gasteiger partial charge is 0.253 e. The van der Waals surface area contributed by atoms with Gasteiger partial charge in [0.15, 0.2) is 0 Å². The van der Waals surface area contributed by atoms with Crippen LogP contribution in [0.3, 0.4) is 0 Å². The molecule has 110 valence electrons. The Labute approximate surface area is 133 Å². The number of hydrogen-bond donors (Lipinski definition) is 1. The highest BCUT2D eigenvalue weighted by Crippen LogP contribution is 2.22. The molecule has 1 N–H and O–H groups in total. The van der Waals surface area contributed by atoms with Crippen LogP contribution in [0, 0.1) is 0 Å². The maximum absolute atomic E-state index is 12.1. The van der Waals surface area contributed by atoms with Crippen LogP contribution in [-0.4, -0.2) is 12.5 Å². The molecule has 0 heterocycles. The topological polar surface area (TPSA) is 38.3 Å². The lowest BCUT2D eigenvalue weighted by molar-refractivity contribution is 0.0951. The van der Waals surface area contributed by atoms with E-state index in [9.17, 15) is 4.79 Å². The van der Waals surface area contributed by atoms with Gasteiger partial charge in [0.25, 0.3) is 5.91 Å². The van der Waals surface area contributed by atoms with Gasteiger partial charge in [0.2, 0.25) is 0 Å². The number of hydrogen-bond acceptors (Lipinski definition) is 2. The van der Waals surface area contributed by atoms with Gasteiger partial charge in [-0.3, -0.25) is 4.79 Å². The molecule has 0 unspecified atom stereocenters. The van der Waals surface area contributed by atoms with Crippen molar-refractivity contribution >= 4 is 29.1 Å². The zero-order chi connectivity index (χ0) is 15.2. The summed E-state index contributed by atoms with van der Waals surface area (Å²) >= 11 is 11.8. The molecule has 0 atom stereocenters. The summed E-state index contributed by atoms with van der Waals surface area (Å²) in [6, 6.07) is 12.4. The molecule has 0 aromatic heterocycles. The minimum Gasteiger partial charge on any atom is -0.494 e. The number of carbonyl (C=O) groups is 1. The van der Waals surface area contributed by atoms with E-state index in [2.05, 4.69) is 5.32 Å². The second-order valence-corrected chi connectivity index (χ2v) is 5.19. The van der Waals surface area contributed by atoms with Gasteiger partial charge < -0.3 is 10.1 Å². The Bertz CT molecular complexity index is 644. The number of halogens is 2. The quantitative estimate of drug-likeness (QED) is 0.889. The third-order valence-electron chi connectivity index (χ3n) is 2.89. The van der Waals surface area contributed by atoms with Crippen molar-refractivity contribution in [2.24, 2.45) is 0 Å². The Kier molecular flexibility index (Phi) is 5.48. The lowest BCUT2D eigenvalue weighted by atomic mass is 10.1. The first kappa shape index (κ1) is 15.7. The van der Waals surface area contributed by atoms with Gasteiger partial charge in [-0.1, -0.05) is 41.4 Å². The summed E-state index contributed by atoms with van der Waals surface area (Å²) < 4.78 is 5.52. The van der Waals surface area contributed by atoms with Crippen molar-refractivity contribution in [3.63, 3.8) is 0 Å². The maximum Gasteiger partial charge on any atom is 0.253 e. The van der Waals surface area contributed by atoms with E-state index in [0.717, 1.165) is 11.3 Å². The normalized spacial score (nSPS) is 10.2. The van der Waals surface area contributed by atoms with Crippen molar-refractivity contribution in [1.29, 1.82) is 0 Å². The number of para-hydroxylation sites is 1. The molecule has 0 fully saturated rings. The first-order chi connectivity index (χ1) is 10.1. The summed E-state index contributed by atoms with van der Waals surface area (Å²) in [6.45, 7) is 2.87. The van der Waals surface area contributed by atoms with Gasteiger partial charge in [0.05, 0.1) is 17.2 Å². The third kappa shape index (κ3) is 4.13. The highest BCUT2D eigenvalue weighted by atomic mass is 35.5. The fourth-order valence-electron chi connectivity index (χ4n) is 1.89. The molecule has 1 amide bonds. The molecule has 5 heteroatoms. The van der Waals surface area contributed by atoms with Crippen molar-refractivity contribution in [3.8, 4) is 5.75 Å². The molecule has 0 aliphatic carbocycles. The van der Waals surface area contributed by atoms with Gasteiger partial charge in [-0.2, -0.15) is 0 Å². The van der Waals surface area contributed by atoms with E-state index in [4.69, 9.17) is 27.9 Å². The predicted octanol–water partition coefficient (Wildman–Crippen LogP) is 4.32. The first-order valence-corrected chi connectivity index (χ1v) is 7.31. The van der Waals surface area contributed by atoms with Gasteiger partial charge in [0, 0.05) is 17.1 Å². The first-order valence-electron chi connectivity index (χ1n) is 6.55. The molecule has 2 aromatic rings. The van der Waals surface area contributed by atoms with Crippen LogP contribution in [-0.2, 0) is 6.54 Å². The van der Waals surface area contributed by atoms with Gasteiger partial charge in [0.1, 0.15) is 5.75 Å². The van der Waals surface area contributed by atoms with Crippen LogP contribution in [0.5, 0.6) is 5.75 Å². The monoisotopic (exact) mass is 323 g/mol. The SMILES string of the molecule is CCOc1ccccc1CNC(=O)c1ccc(Cl)cc1Cl. The molecule has 0 spiro atoms. The molecule has 0 aliphatic rings. The number of carbonyl (C=O) groups excluding carboxylic acids is 1. The van der Waals surface area contributed by atoms with E-state index in [1.54, 1.807) is 18.2 Å². The van der Waals surface area contributed by atoms with Crippen LogP contribution < -0.4 is 10.1 Å². The lowest BCUT2D eigenvalue weighted by Crippen LogP contribution is -2.23. The average Bonchev–Trinajstić information content (AvgIpc) is 2.46. The maximum atomic E-state index is 12.1. The summed E-state index contributed by atoms with van der Waals surface area (Å²) in [4.78, 5) is 12.1. The Morgan fingerprint density at radius 1 is 1.19 bits per heavy atom. The molecular weight excluding hydrogens is 309 g/mol. The number of rotatable bonds is 5. The summed E-state index contributed by atoms with van der Waals surface area (Å²) in [5.41, 5.74) is 1.31. The van der Waals surface area contributed by atoms with E-state index in [1.807, 2.05) is 31.2 Å². The average molecular weight is 324 g/mol. The van der Waals surface area contributed by atoms with Crippen LogP contribution in [0.25, 0.3) is 0 Å². The second-order valence-electron chi connectivity index (χ2n) is 4.35. The van der Waals surface area contributed by atoms with Gasteiger partial charge in [-0.05, 0) is 31.2 Å². The Hall–Kier alpha value is -1.71. The van der Waals surface area contributed by atoms with Crippen molar-refractivity contribution in [2.75, 3.05) is 6.61 Å². The van der Waals surface area contributed by atoms with Crippen LogP contribution >= 0.6 is 23.2 Å². The molecule has 21 heavy (non-hydrogen) atoms. The molecule has 3 nitrogen and oxygen atoms in total. The summed E-state index contributed by atoms with van der Waals surface area (Å²) in [7, 11) is 0. The van der Waals surface area contributed by atoms with Crippen LogP contribution in [0.2, 0.25) is 10.0 Å². The fourth-order valence-corrected chi connectivity index (χ4v) is 2.38. The van der Waals surface area contributed by atoms with Crippen LogP contribution in [0.15, 0.2) is 42.5 Å². The Morgan fingerprint density at radius 2 is 1.95 bits per heavy atom. The standard InChI is InChI=1S/C16H15Cl2NO2/c1-2-21-15-6-4-3-5-11(15)10-19-16(20)13-8-7-12(17)9-14(13)18/h3-9H,2,10H2,1H3,(H,19,20). The van der Waals surface area contributed by atoms with Gasteiger partial charge >= 0.3 is 0 Å². The van der Waals surface area contributed by atoms with Crippen LogP contribution in [0.4, 0.5) is 0 Å². The molecule has 2 rings (SSSR count). The number of amides is 1. The zero-order valence-electron chi connectivity index (χ0n) is 11.5. The molecule has 0 saturated heterocycles. The lowest BCUT2D eigenvalue weighted by Gasteiger charge is -2.11. The third-order valence-corrected chi connectivity index (χ3v) is 3.44. The minimum absolute atomic E-state index is 0.247. The van der Waals surface area contributed by atoms with E-state index in [1.165, 1.54) is 0 Å². The molecule has 0 aliphatic heterocycles. The molecule has 0 radical (unpaired) electrons. The van der Waals surface area contributed by atoms with E-state index in [-0.39, 0.29) is 5.91 Å². The Balaban J connectivity index is 2.07. The summed E-state index contributed by atoms with van der Waals surface area (Å²) in [5.74, 6) is 0.519. The Morgan fingerprint density at radius 3 is 2.67 bits per heavy atom. The van der Waals surface area contributed by atoms with Gasteiger partial charge in [-0.25, -0.2) is 0 Å². The number of ether oxygens (including phenoxy) is 1. The largest absolute Gasteiger partial charge is 0.494 e. The molecule has 2 aromatic carbocycles. The van der Waals surface area contributed by atoms with Gasteiger partial charge in [-0.15, -0.1) is 0 Å². The highest BCUT2D eigenvalue weighted by molar-refractivity contribution is 6.36. The number of nitrogens with one attached hydrogen (secondary N) is 1. The molecular formula is C16H15Cl2NO2. The summed E-state index contributed by atoms with van der Waals surface area (Å²) in [6.07, 6.45) is 0. The summed E-state index contributed by atoms with van der Waals surface area (Å²) in [5, 5.41) is 3.66. The zero-order valence-corrected chi connectivity index (χ0v) is 13.0. The predicted molar refractivity (Wildman–Crippen MR) is 85.2 cm³/mol. The van der Waals surface area contributed by atoms with Crippen molar-refractivity contribution in [2.45, 2.75) is 13.5 Å². The number of benzene rings is 2. The van der Waals surface area contributed by atoms with Crippen molar-refractivity contribution in [3.05, 3.63) is 63.6 Å². The molecule has 0 bridgehead atoms.